The van der Waals surface area contributed by atoms with E-state index in [4.69, 9.17) is 11.6 Å². The first-order valence-corrected chi connectivity index (χ1v) is 5.72. The van der Waals surface area contributed by atoms with Crippen LogP contribution in [0.1, 0.15) is 52.0 Å². The van der Waals surface area contributed by atoms with E-state index < -0.39 is 0 Å². The molecule has 0 aliphatic rings. The van der Waals surface area contributed by atoms with Crippen LogP contribution in [0.2, 0.25) is 5.28 Å². The van der Waals surface area contributed by atoms with Crippen molar-refractivity contribution in [3.8, 4) is 0 Å². The van der Waals surface area contributed by atoms with Crippen molar-refractivity contribution in [2.75, 3.05) is 0 Å². The highest BCUT2D eigenvalue weighted by atomic mass is 35.5. The Bertz CT molecular complexity index is 260. The molecule has 1 unspecified atom stereocenters. The highest BCUT2D eigenvalue weighted by Crippen LogP contribution is 2.23. The average molecular weight is 216 g/mol. The van der Waals surface area contributed by atoms with E-state index in [0.29, 0.717) is 11.3 Å². The van der Waals surface area contributed by atoms with Gasteiger partial charge < -0.3 is 4.57 Å². The second-order valence-electron chi connectivity index (χ2n) is 3.59. The normalized spacial score (nSPS) is 13.1. The van der Waals surface area contributed by atoms with Crippen molar-refractivity contribution in [1.29, 1.82) is 0 Å². The fourth-order valence-electron chi connectivity index (χ4n) is 1.67. The molecule has 14 heavy (non-hydrogen) atoms. The molecule has 1 atom stereocenters. The van der Waals surface area contributed by atoms with Crippen molar-refractivity contribution >= 4 is 11.6 Å². The summed E-state index contributed by atoms with van der Waals surface area (Å²) in [4.78, 5) is 0. The minimum absolute atomic E-state index is 0.474. The Hall–Kier alpha value is -0.570. The van der Waals surface area contributed by atoms with Gasteiger partial charge in [-0.05, 0) is 24.4 Å². The second kappa shape index (κ2) is 6.02. The number of nitrogens with zero attached hydrogens (tertiary/aromatic N) is 3. The zero-order valence-electron chi connectivity index (χ0n) is 8.91. The van der Waals surface area contributed by atoms with Crippen LogP contribution in [0.4, 0.5) is 0 Å². The molecule has 0 aromatic carbocycles. The van der Waals surface area contributed by atoms with Gasteiger partial charge in [0.1, 0.15) is 6.33 Å². The maximum atomic E-state index is 5.94. The van der Waals surface area contributed by atoms with E-state index in [-0.39, 0.29) is 0 Å². The third-order valence-corrected chi connectivity index (χ3v) is 2.71. The van der Waals surface area contributed by atoms with Crippen LogP contribution in [0.5, 0.6) is 0 Å². The highest BCUT2D eigenvalue weighted by molar-refractivity contribution is 6.28. The Kier molecular flexibility index (Phi) is 4.94. The molecule has 0 N–H and O–H groups in total. The van der Waals surface area contributed by atoms with Crippen molar-refractivity contribution in [3.63, 3.8) is 0 Å². The largest absolute Gasteiger partial charge is 0.301 e. The molecule has 0 amide bonds. The third kappa shape index (κ3) is 2.98. The summed E-state index contributed by atoms with van der Waals surface area (Å²) >= 11 is 5.94. The van der Waals surface area contributed by atoms with Crippen LogP contribution in [0.25, 0.3) is 0 Å². The summed E-state index contributed by atoms with van der Waals surface area (Å²) in [6.45, 7) is 4.40. The first-order chi connectivity index (χ1) is 6.79. The van der Waals surface area contributed by atoms with Gasteiger partial charge in [-0.15, -0.1) is 10.2 Å². The summed E-state index contributed by atoms with van der Waals surface area (Å²) < 4.78 is 1.99. The molecule has 1 aromatic heterocycles. The van der Waals surface area contributed by atoms with Crippen LogP contribution in [-0.4, -0.2) is 14.8 Å². The van der Waals surface area contributed by atoms with E-state index in [1.165, 1.54) is 25.7 Å². The second-order valence-corrected chi connectivity index (χ2v) is 3.93. The van der Waals surface area contributed by atoms with Gasteiger partial charge in [-0.2, -0.15) is 0 Å². The van der Waals surface area contributed by atoms with E-state index in [2.05, 4.69) is 24.0 Å². The van der Waals surface area contributed by atoms with Crippen molar-refractivity contribution in [3.05, 3.63) is 11.6 Å². The Balaban J connectivity index is 2.62. The van der Waals surface area contributed by atoms with E-state index in [1.807, 2.05) is 4.57 Å². The van der Waals surface area contributed by atoms with Gasteiger partial charge in [0.15, 0.2) is 0 Å². The van der Waals surface area contributed by atoms with Gasteiger partial charge >= 0.3 is 0 Å². The molecule has 1 rings (SSSR count). The zero-order valence-corrected chi connectivity index (χ0v) is 9.67. The molecule has 0 aliphatic carbocycles. The summed E-state index contributed by atoms with van der Waals surface area (Å²) in [5.74, 6) is 0. The molecule has 1 heterocycles. The number of aromatic nitrogens is 3. The lowest BCUT2D eigenvalue weighted by Crippen LogP contribution is -2.08. The number of hydrogen-bond acceptors (Lipinski definition) is 2. The van der Waals surface area contributed by atoms with Crippen molar-refractivity contribution < 1.29 is 0 Å². The summed E-state index contributed by atoms with van der Waals surface area (Å²) in [7, 11) is 0. The van der Waals surface area contributed by atoms with Crippen molar-refractivity contribution in [2.45, 2.75) is 52.0 Å². The molecule has 0 spiro atoms. The summed E-state index contributed by atoms with van der Waals surface area (Å²) in [6, 6.07) is 0.474. The standard InChI is InChI=1S/C10H18ClN3/c1-3-5-7-9(6-4-2)14-8-12-13-10(14)11/h8-9H,3-7H2,1-2H3. The summed E-state index contributed by atoms with van der Waals surface area (Å²) in [5.41, 5.74) is 0. The Labute approximate surface area is 90.5 Å². The maximum Gasteiger partial charge on any atom is 0.225 e. The van der Waals surface area contributed by atoms with E-state index in [9.17, 15) is 0 Å². The maximum absolute atomic E-state index is 5.94. The van der Waals surface area contributed by atoms with Crippen molar-refractivity contribution in [2.24, 2.45) is 0 Å². The minimum atomic E-state index is 0.474. The fraction of sp³-hybridized carbons (Fsp3) is 0.800. The SMILES string of the molecule is CCCCC(CCC)n1cnnc1Cl. The number of hydrogen-bond donors (Lipinski definition) is 0. The smallest absolute Gasteiger partial charge is 0.225 e. The van der Waals surface area contributed by atoms with Gasteiger partial charge in [-0.3, -0.25) is 0 Å². The van der Waals surface area contributed by atoms with Crippen LogP contribution in [0.3, 0.4) is 0 Å². The lowest BCUT2D eigenvalue weighted by atomic mass is 10.1. The van der Waals surface area contributed by atoms with E-state index in [0.717, 1.165) is 6.42 Å². The molecular formula is C10H18ClN3. The topological polar surface area (TPSA) is 30.7 Å². The average Bonchev–Trinajstić information content (AvgIpc) is 2.59. The highest BCUT2D eigenvalue weighted by Gasteiger charge is 2.12. The first-order valence-electron chi connectivity index (χ1n) is 5.34. The van der Waals surface area contributed by atoms with Gasteiger partial charge in [-0.1, -0.05) is 33.1 Å². The van der Waals surface area contributed by atoms with E-state index >= 15 is 0 Å². The van der Waals surface area contributed by atoms with Crippen LogP contribution in [0.15, 0.2) is 6.33 Å². The lowest BCUT2D eigenvalue weighted by molar-refractivity contribution is 0.416. The van der Waals surface area contributed by atoms with Gasteiger partial charge in [0.25, 0.3) is 0 Å². The van der Waals surface area contributed by atoms with Gasteiger partial charge in [0.2, 0.25) is 5.28 Å². The Morgan fingerprint density at radius 2 is 2.14 bits per heavy atom. The molecule has 4 heteroatoms. The first kappa shape index (κ1) is 11.5. The van der Waals surface area contributed by atoms with Gasteiger partial charge in [0, 0.05) is 6.04 Å². The fourth-order valence-corrected chi connectivity index (χ4v) is 1.89. The molecule has 1 aromatic rings. The lowest BCUT2D eigenvalue weighted by Gasteiger charge is -2.17. The molecular weight excluding hydrogens is 198 g/mol. The number of rotatable bonds is 6. The van der Waals surface area contributed by atoms with Gasteiger partial charge in [0.05, 0.1) is 0 Å². The van der Waals surface area contributed by atoms with E-state index in [1.54, 1.807) is 6.33 Å². The molecule has 0 saturated heterocycles. The monoisotopic (exact) mass is 215 g/mol. The van der Waals surface area contributed by atoms with Crippen molar-refractivity contribution in [1.82, 2.24) is 14.8 Å². The minimum Gasteiger partial charge on any atom is -0.301 e. The summed E-state index contributed by atoms with van der Waals surface area (Å²) in [6.07, 6.45) is 7.68. The predicted octanol–water partition coefficient (Wildman–Crippen LogP) is 3.46. The van der Waals surface area contributed by atoms with Crippen LogP contribution in [-0.2, 0) is 0 Å². The molecule has 3 nitrogen and oxygen atoms in total. The third-order valence-electron chi connectivity index (χ3n) is 2.44. The molecule has 80 valence electrons. The Morgan fingerprint density at radius 1 is 1.36 bits per heavy atom. The molecule has 0 saturated carbocycles. The molecule has 0 aliphatic heterocycles. The summed E-state index contributed by atoms with van der Waals surface area (Å²) in [5, 5.41) is 8.13. The van der Waals surface area contributed by atoms with Crippen LogP contribution in [0, 0.1) is 0 Å². The quantitative estimate of drug-likeness (QED) is 0.728. The Morgan fingerprint density at radius 3 is 2.64 bits per heavy atom. The number of unbranched alkanes of at least 4 members (excludes halogenated alkanes) is 1. The zero-order chi connectivity index (χ0) is 10.4. The van der Waals surface area contributed by atoms with Gasteiger partial charge in [-0.25, -0.2) is 0 Å². The molecule has 0 fully saturated rings. The number of halogens is 1. The molecule has 0 radical (unpaired) electrons. The predicted molar refractivity (Wildman–Crippen MR) is 58.5 cm³/mol. The van der Waals surface area contributed by atoms with Crippen LogP contribution >= 0.6 is 11.6 Å². The molecule has 0 bridgehead atoms. The van der Waals surface area contributed by atoms with Crippen LogP contribution < -0.4 is 0 Å².